The van der Waals surface area contributed by atoms with Gasteiger partial charge in [-0.05, 0) is 0 Å². The van der Waals surface area contributed by atoms with Crippen LogP contribution in [0.4, 0.5) is 0 Å². The minimum atomic E-state index is 0.997. The topological polar surface area (TPSA) is 9.23 Å². The van der Waals surface area contributed by atoms with E-state index in [1.165, 1.54) is 0 Å². The van der Waals surface area contributed by atoms with Crippen molar-refractivity contribution in [3.63, 3.8) is 0 Å². The molecule has 4 heteroatoms. The van der Waals surface area contributed by atoms with Crippen LogP contribution in [0.5, 0.6) is 0 Å². The summed E-state index contributed by atoms with van der Waals surface area (Å²) in [4.78, 5) is 0. The second kappa shape index (κ2) is 2.35. The van der Waals surface area contributed by atoms with E-state index in [0.29, 0.717) is 0 Å². The van der Waals surface area contributed by atoms with Crippen LogP contribution in [0.3, 0.4) is 0 Å². The van der Waals surface area contributed by atoms with Crippen LogP contribution in [-0.2, 0) is 4.57 Å². The summed E-state index contributed by atoms with van der Waals surface area (Å²) in [5.41, 5.74) is 0. The quantitative estimate of drug-likeness (QED) is 0.360. The van der Waals surface area contributed by atoms with Crippen LogP contribution in [-0.4, -0.2) is 22.2 Å². The Bertz CT molecular complexity index is 24.3. The van der Waals surface area contributed by atoms with Crippen molar-refractivity contribution in [1.29, 1.82) is 0 Å². The molecular formula is C2H4B3O. The van der Waals surface area contributed by atoms with Crippen molar-refractivity contribution < 1.29 is 4.57 Å². The van der Waals surface area contributed by atoms with Gasteiger partial charge >= 0.3 is 0 Å². The molecule has 1 heterocycles. The Hall–Kier alpha value is 0.155. The summed E-state index contributed by atoms with van der Waals surface area (Å²) in [7, 11) is 5.72. The minimum absolute atomic E-state index is 0.997. The van der Waals surface area contributed by atoms with E-state index in [4.69, 9.17) is 4.57 Å². The van der Waals surface area contributed by atoms with Crippen LogP contribution in [0.2, 0.25) is 12.4 Å². The van der Waals surface area contributed by atoms with Gasteiger partial charge in [0.05, 0.1) is 7.28 Å². The fraction of sp³-hybridized carbons (Fsp3) is 1.00. The predicted octanol–water partition coefficient (Wildman–Crippen LogP) is -0.289. The Morgan fingerprint density at radius 1 is 1.17 bits per heavy atom. The van der Waals surface area contributed by atoms with E-state index in [0.717, 1.165) is 12.4 Å². The lowest BCUT2D eigenvalue weighted by Gasteiger charge is -2.03. The molecule has 0 saturated carbocycles. The van der Waals surface area contributed by atoms with Gasteiger partial charge in [0.25, 0.3) is 15.0 Å². The van der Waals surface area contributed by atoms with Gasteiger partial charge in [-0.3, -0.25) is 0 Å². The molecule has 1 saturated heterocycles. The summed E-state index contributed by atoms with van der Waals surface area (Å²) < 4.78 is 4.79. The molecule has 0 atom stereocenters. The standard InChI is InChI=1S/C2H4B3O/c1-3-2-5-6-4-1/h1-2H2. The Balaban J connectivity index is 2.00. The molecule has 6 heavy (non-hydrogen) atoms. The van der Waals surface area contributed by atoms with Crippen molar-refractivity contribution in [2.45, 2.75) is 12.4 Å². The first-order valence-corrected chi connectivity index (χ1v) is 2.10. The summed E-state index contributed by atoms with van der Waals surface area (Å²) in [6.07, 6.45) is 1.99. The Morgan fingerprint density at radius 3 is 2.00 bits per heavy atom. The fourth-order valence-corrected chi connectivity index (χ4v) is 0.411. The summed E-state index contributed by atoms with van der Waals surface area (Å²) in [6, 6.07) is 0. The van der Waals surface area contributed by atoms with Gasteiger partial charge in [0, 0.05) is 0 Å². The third-order valence-corrected chi connectivity index (χ3v) is 0.718. The molecule has 1 rings (SSSR count). The van der Waals surface area contributed by atoms with E-state index in [1.807, 2.05) is 0 Å². The van der Waals surface area contributed by atoms with Crippen LogP contribution in [0.25, 0.3) is 0 Å². The molecule has 1 nitrogen and oxygen atoms in total. The Labute approximate surface area is 40.2 Å². The summed E-state index contributed by atoms with van der Waals surface area (Å²) in [5, 5.41) is 0. The van der Waals surface area contributed by atoms with Gasteiger partial charge in [0.15, 0.2) is 0 Å². The second-order valence-corrected chi connectivity index (χ2v) is 1.23. The van der Waals surface area contributed by atoms with Crippen LogP contribution in [0.1, 0.15) is 0 Å². The maximum absolute atomic E-state index is 4.79. The maximum atomic E-state index is 4.79. The lowest BCUT2D eigenvalue weighted by molar-refractivity contribution is 0.642. The molecule has 0 aromatic heterocycles. The molecule has 1 aliphatic rings. The SMILES string of the molecule is [B]1C[B]O[B]C1. The van der Waals surface area contributed by atoms with E-state index >= 15 is 0 Å². The third kappa shape index (κ3) is 1.09. The van der Waals surface area contributed by atoms with E-state index in [2.05, 4.69) is 7.28 Å². The summed E-state index contributed by atoms with van der Waals surface area (Å²) in [6.45, 7) is 0. The van der Waals surface area contributed by atoms with Gasteiger partial charge in [-0.25, -0.2) is 0 Å². The zero-order chi connectivity index (χ0) is 4.24. The van der Waals surface area contributed by atoms with Crippen LogP contribution in [0, 0.1) is 0 Å². The minimum Gasteiger partial charge on any atom is -0.507 e. The summed E-state index contributed by atoms with van der Waals surface area (Å²) in [5.74, 6) is 0. The average molecular weight is 76.5 g/mol. The molecule has 27 valence electrons. The molecule has 0 aromatic rings. The third-order valence-electron chi connectivity index (χ3n) is 0.718. The molecule has 1 fully saturated rings. The van der Waals surface area contributed by atoms with E-state index in [-0.39, 0.29) is 0 Å². The lowest BCUT2D eigenvalue weighted by Crippen LogP contribution is -2.15. The van der Waals surface area contributed by atoms with E-state index in [1.54, 1.807) is 15.0 Å². The Morgan fingerprint density at radius 2 is 1.83 bits per heavy atom. The van der Waals surface area contributed by atoms with Crippen molar-refractivity contribution in [2.75, 3.05) is 0 Å². The first-order chi connectivity index (χ1) is 3.00. The first-order valence-electron chi connectivity index (χ1n) is 2.10. The molecule has 0 unspecified atom stereocenters. The van der Waals surface area contributed by atoms with Gasteiger partial charge in [-0.1, -0.05) is 12.4 Å². The summed E-state index contributed by atoms with van der Waals surface area (Å²) >= 11 is 0. The molecule has 0 aromatic carbocycles. The molecular weight excluding hydrogens is 72.5 g/mol. The monoisotopic (exact) mass is 77.1 g/mol. The predicted molar refractivity (Wildman–Crippen MR) is 28.0 cm³/mol. The van der Waals surface area contributed by atoms with Crippen molar-refractivity contribution in [3.05, 3.63) is 0 Å². The molecule has 0 bridgehead atoms. The van der Waals surface area contributed by atoms with E-state index < -0.39 is 0 Å². The van der Waals surface area contributed by atoms with Crippen LogP contribution < -0.4 is 0 Å². The highest BCUT2D eigenvalue weighted by Gasteiger charge is 2.01. The molecule has 0 N–H and O–H groups in total. The molecule has 1 aliphatic heterocycles. The number of hydrogen-bond acceptors (Lipinski definition) is 1. The fourth-order valence-electron chi connectivity index (χ4n) is 0.411. The van der Waals surface area contributed by atoms with Gasteiger partial charge in [0.1, 0.15) is 0 Å². The van der Waals surface area contributed by atoms with Crippen molar-refractivity contribution in [1.82, 2.24) is 0 Å². The zero-order valence-corrected chi connectivity index (χ0v) is 3.55. The smallest absolute Gasteiger partial charge is 0.263 e. The first kappa shape index (κ1) is 4.32. The zero-order valence-electron chi connectivity index (χ0n) is 3.55. The van der Waals surface area contributed by atoms with Crippen molar-refractivity contribution >= 4 is 22.2 Å². The highest BCUT2D eigenvalue weighted by molar-refractivity contribution is 6.67. The van der Waals surface area contributed by atoms with E-state index in [9.17, 15) is 0 Å². The van der Waals surface area contributed by atoms with Crippen molar-refractivity contribution in [3.8, 4) is 0 Å². The average Bonchev–Trinajstić information content (AvgIpc) is 1.72. The number of hydrogen-bond donors (Lipinski definition) is 0. The van der Waals surface area contributed by atoms with Gasteiger partial charge < -0.3 is 4.57 Å². The van der Waals surface area contributed by atoms with Crippen LogP contribution in [0.15, 0.2) is 0 Å². The van der Waals surface area contributed by atoms with Crippen molar-refractivity contribution in [2.24, 2.45) is 0 Å². The van der Waals surface area contributed by atoms with Gasteiger partial charge in [-0.15, -0.1) is 0 Å². The Kier molecular flexibility index (Phi) is 1.69. The molecule has 0 amide bonds. The van der Waals surface area contributed by atoms with Gasteiger partial charge in [0.2, 0.25) is 0 Å². The maximum Gasteiger partial charge on any atom is 0.263 e. The lowest BCUT2D eigenvalue weighted by atomic mass is 9.50. The molecule has 0 aliphatic carbocycles. The number of rotatable bonds is 0. The van der Waals surface area contributed by atoms with Crippen LogP contribution >= 0.6 is 0 Å². The molecule has 3 radical (unpaired) electrons. The molecule has 0 spiro atoms. The normalized spacial score (nSPS) is 20.0. The van der Waals surface area contributed by atoms with Gasteiger partial charge in [-0.2, -0.15) is 0 Å². The largest absolute Gasteiger partial charge is 0.507 e. The highest BCUT2D eigenvalue weighted by atomic mass is 16.4. The highest BCUT2D eigenvalue weighted by Crippen LogP contribution is 1.90. The second-order valence-electron chi connectivity index (χ2n) is 1.23.